The Hall–Kier alpha value is 0.949. The van der Waals surface area contributed by atoms with Gasteiger partial charge >= 0.3 is 33.3 Å². The SMILES string of the molecule is [Cl][Cu][Cl].c1cc2nc(c1)CSCCCCCCSC2. The van der Waals surface area contributed by atoms with E-state index in [1.807, 2.05) is 23.5 Å². The van der Waals surface area contributed by atoms with Crippen molar-refractivity contribution in [1.82, 2.24) is 4.98 Å². The van der Waals surface area contributed by atoms with Crippen LogP contribution in [-0.4, -0.2) is 16.5 Å². The van der Waals surface area contributed by atoms with Gasteiger partial charge in [-0.05, 0) is 36.5 Å². The van der Waals surface area contributed by atoms with Crippen molar-refractivity contribution in [2.24, 2.45) is 0 Å². The van der Waals surface area contributed by atoms with Gasteiger partial charge in [-0.15, -0.1) is 0 Å². The maximum Gasteiger partial charge on any atom is 0.0506 e. The zero-order valence-corrected chi connectivity index (χ0v) is 14.8. The van der Waals surface area contributed by atoms with Crippen molar-refractivity contribution in [2.75, 3.05) is 11.5 Å². The second-order valence-corrected chi connectivity index (χ2v) is 7.95. The van der Waals surface area contributed by atoms with Gasteiger partial charge in [0.15, 0.2) is 0 Å². The second kappa shape index (κ2) is 12.7. The van der Waals surface area contributed by atoms with Gasteiger partial charge < -0.3 is 0 Å². The van der Waals surface area contributed by atoms with Crippen molar-refractivity contribution >= 4 is 43.7 Å². The van der Waals surface area contributed by atoms with Crippen LogP contribution in [0, 0.1) is 0 Å². The number of nitrogens with zero attached hydrogens (tertiary/aromatic N) is 1. The third-order valence-corrected chi connectivity index (χ3v) is 4.85. The summed E-state index contributed by atoms with van der Waals surface area (Å²) in [5.74, 6) is 4.75. The number of fused-ring (bicyclic) bond motifs is 2. The summed E-state index contributed by atoms with van der Waals surface area (Å²) < 4.78 is 0. The third kappa shape index (κ3) is 9.49. The van der Waals surface area contributed by atoms with Gasteiger partial charge in [0, 0.05) is 11.5 Å². The van der Waals surface area contributed by atoms with Crippen LogP contribution in [0.5, 0.6) is 0 Å². The molecule has 113 valence electrons. The molecule has 2 heterocycles. The molecule has 0 spiro atoms. The van der Waals surface area contributed by atoms with Gasteiger partial charge in [-0.2, -0.15) is 23.5 Å². The predicted molar refractivity (Wildman–Crippen MR) is 86.7 cm³/mol. The number of hydrogen-bond donors (Lipinski definition) is 0. The average Bonchev–Trinajstić information content (AvgIpc) is 2.43. The van der Waals surface area contributed by atoms with E-state index in [1.54, 1.807) is 0 Å². The van der Waals surface area contributed by atoms with Crippen LogP contribution in [0.15, 0.2) is 18.2 Å². The van der Waals surface area contributed by atoms with Crippen molar-refractivity contribution in [1.29, 1.82) is 0 Å². The molecule has 0 fully saturated rings. The quantitative estimate of drug-likeness (QED) is 0.546. The summed E-state index contributed by atoms with van der Waals surface area (Å²) in [7, 11) is 9.34. The van der Waals surface area contributed by atoms with Crippen LogP contribution in [0.25, 0.3) is 0 Å². The molecule has 0 unspecified atom stereocenters. The smallest absolute Gasteiger partial charge is 0.0506 e. The molecule has 0 saturated heterocycles. The van der Waals surface area contributed by atoms with E-state index in [4.69, 9.17) is 4.98 Å². The van der Waals surface area contributed by atoms with Crippen molar-refractivity contribution in [3.63, 3.8) is 0 Å². The van der Waals surface area contributed by atoms with E-state index in [2.05, 4.69) is 38.4 Å². The van der Waals surface area contributed by atoms with E-state index in [9.17, 15) is 0 Å². The largest absolute Gasteiger partial charge is 0.256 e. The summed E-state index contributed by atoms with van der Waals surface area (Å²) in [5.41, 5.74) is 2.50. The Morgan fingerprint density at radius 3 is 1.84 bits per heavy atom. The number of rotatable bonds is 0. The van der Waals surface area contributed by atoms with Crippen molar-refractivity contribution < 1.29 is 13.1 Å². The Morgan fingerprint density at radius 2 is 1.37 bits per heavy atom. The van der Waals surface area contributed by atoms with Crippen LogP contribution in [-0.2, 0) is 24.6 Å². The third-order valence-electron chi connectivity index (χ3n) is 2.69. The average molecular weight is 388 g/mol. The van der Waals surface area contributed by atoms with Crippen LogP contribution in [0.2, 0.25) is 0 Å². The van der Waals surface area contributed by atoms with Gasteiger partial charge in [0.2, 0.25) is 0 Å². The molecule has 6 heteroatoms. The summed E-state index contributed by atoms with van der Waals surface area (Å²) >= 11 is 4.81. The molecule has 0 aliphatic carbocycles. The minimum absolute atomic E-state index is 0.757. The molecule has 19 heavy (non-hydrogen) atoms. The Morgan fingerprint density at radius 1 is 0.895 bits per heavy atom. The molecule has 1 aromatic rings. The summed E-state index contributed by atoms with van der Waals surface area (Å²) in [6, 6.07) is 6.46. The van der Waals surface area contributed by atoms with Crippen molar-refractivity contribution in [3.05, 3.63) is 29.6 Å². The molecule has 1 aromatic heterocycles. The fourth-order valence-corrected chi connectivity index (χ4v) is 3.65. The molecule has 2 bridgehead atoms. The van der Waals surface area contributed by atoms with Crippen molar-refractivity contribution in [3.8, 4) is 0 Å². The molecular formula is C13H19Cl2CuNS2. The summed E-state index contributed by atoms with van der Waals surface area (Å²) in [4.78, 5) is 4.70. The number of hydrogen-bond acceptors (Lipinski definition) is 3. The van der Waals surface area contributed by atoms with E-state index >= 15 is 0 Å². The van der Waals surface area contributed by atoms with Gasteiger partial charge in [0.1, 0.15) is 0 Å². The first-order valence-electron chi connectivity index (χ1n) is 6.28. The molecule has 0 radical (unpaired) electrons. The zero-order chi connectivity index (χ0) is 13.8. The Labute approximate surface area is 139 Å². The predicted octanol–water partition coefficient (Wildman–Crippen LogP) is 5.50. The number of halogens is 2. The van der Waals surface area contributed by atoms with Gasteiger partial charge in [-0.3, -0.25) is 4.98 Å². The number of thioether (sulfide) groups is 2. The van der Waals surface area contributed by atoms with Gasteiger partial charge in [-0.1, -0.05) is 18.9 Å². The van der Waals surface area contributed by atoms with Gasteiger partial charge in [0.25, 0.3) is 0 Å². The van der Waals surface area contributed by atoms with E-state index in [0.717, 1.165) is 24.6 Å². The first kappa shape index (κ1) is 18.0. The molecule has 2 rings (SSSR count). The second-order valence-electron chi connectivity index (χ2n) is 4.18. The minimum atomic E-state index is 0.757. The zero-order valence-electron chi connectivity index (χ0n) is 10.7. The Balaban J connectivity index is 0.000000550. The fraction of sp³-hybridized carbons (Fsp3) is 0.615. The summed E-state index contributed by atoms with van der Waals surface area (Å²) in [6.07, 6.45) is 5.54. The fourth-order valence-electron chi connectivity index (χ4n) is 1.81. The molecule has 0 saturated carbocycles. The molecule has 0 aromatic carbocycles. The van der Waals surface area contributed by atoms with Crippen LogP contribution in [0.4, 0.5) is 0 Å². The van der Waals surface area contributed by atoms with E-state index in [-0.39, 0.29) is 0 Å². The first-order valence-corrected chi connectivity index (χ1v) is 11.2. The van der Waals surface area contributed by atoms with Crippen LogP contribution < -0.4 is 0 Å². The molecular weight excluding hydrogens is 369 g/mol. The summed E-state index contributed by atoms with van der Waals surface area (Å²) in [5, 5.41) is 0. The van der Waals surface area contributed by atoms with Gasteiger partial charge in [0.05, 0.1) is 11.4 Å². The normalized spacial score (nSPS) is 17.4. The Kier molecular flexibility index (Phi) is 12.0. The molecule has 1 nitrogen and oxygen atoms in total. The van der Waals surface area contributed by atoms with Gasteiger partial charge in [-0.25, -0.2) is 0 Å². The molecule has 1 aliphatic rings. The van der Waals surface area contributed by atoms with E-state index < -0.39 is 0 Å². The molecule has 0 atom stereocenters. The number of pyridine rings is 1. The van der Waals surface area contributed by atoms with Crippen LogP contribution >= 0.6 is 43.7 Å². The van der Waals surface area contributed by atoms with E-state index in [0.29, 0.717) is 0 Å². The molecule has 0 amide bonds. The molecule has 0 N–H and O–H groups in total. The minimum Gasteiger partial charge on any atom is -0.256 e. The topological polar surface area (TPSA) is 12.9 Å². The maximum absolute atomic E-state index is 4.70. The number of aromatic nitrogens is 1. The standard InChI is InChI=1S/C13H19NS2.2ClH.Cu/c1-2-4-9-16-11-13-7-5-6-12(14-13)10-15-8-3-1;;;/h5-7H,1-4,8-11H2;2*1H;/q;;;+2/p-2. The van der Waals surface area contributed by atoms with E-state index in [1.165, 1.54) is 48.6 Å². The Bertz CT molecular complexity index is 315. The monoisotopic (exact) mass is 386 g/mol. The van der Waals surface area contributed by atoms with Crippen LogP contribution in [0.3, 0.4) is 0 Å². The summed E-state index contributed by atoms with van der Waals surface area (Å²) in [6.45, 7) is 0. The maximum atomic E-state index is 4.70. The molecule has 1 aliphatic heterocycles. The first-order chi connectivity index (χ1) is 9.36. The van der Waals surface area contributed by atoms with Crippen molar-refractivity contribution in [2.45, 2.75) is 37.2 Å². The van der Waals surface area contributed by atoms with Crippen LogP contribution in [0.1, 0.15) is 37.1 Å².